The predicted molar refractivity (Wildman–Crippen MR) is 42.5 cm³/mol. The smallest absolute Gasteiger partial charge is 1.00 e. The second kappa shape index (κ2) is 8.89. The van der Waals surface area contributed by atoms with Gasteiger partial charge in [0.15, 0.2) is 34.7 Å². The van der Waals surface area contributed by atoms with Crippen LogP contribution in [0.1, 0.15) is 2.85 Å². The molecule has 8 heteroatoms. The molecule has 0 aromatic rings. The Morgan fingerprint density at radius 1 is 0.875 bits per heavy atom. The average Bonchev–Trinajstić information content (AvgIpc) is 0.722. The molecule has 0 unspecified atom stereocenters. The molecule has 0 heterocycles. The predicted octanol–water partition coefficient (Wildman–Crippen LogP) is -5.13. The maximum Gasteiger partial charge on any atom is 2.00 e. The Bertz CT molecular complexity index is 36.7. The van der Waals surface area contributed by atoms with Crippen LogP contribution in [0.2, 0.25) is 0 Å². The molecule has 0 bridgehead atoms. The maximum atomic E-state index is 7.33. The maximum absolute atomic E-state index is 7.33. The Balaban J connectivity index is -0.00000000800. The fourth-order valence-electron chi connectivity index (χ4n) is 0. The minimum absolute atomic E-state index is 0. The van der Waals surface area contributed by atoms with E-state index >= 15 is 0 Å². The van der Waals surface area contributed by atoms with Crippen molar-refractivity contribution in [3.63, 3.8) is 0 Å². The minimum atomic E-state index is -4.61. The van der Waals surface area contributed by atoms with Gasteiger partial charge >= 0.3 is 32.1 Å². The number of rotatable bonds is 0. The van der Waals surface area contributed by atoms with E-state index in [-0.39, 0.29) is 60.6 Å². The molecule has 0 rings (SSSR count). The largest absolute Gasteiger partial charge is 2.00 e. The summed E-state index contributed by atoms with van der Waals surface area (Å²) in [5.41, 5.74) is 0. The molecule has 48 valence electrons. The van der Waals surface area contributed by atoms with Crippen LogP contribution >= 0.6 is 0 Å². The third-order valence-electron chi connectivity index (χ3n) is 0. The zero-order chi connectivity index (χ0) is 4.50. The summed E-state index contributed by atoms with van der Waals surface area (Å²) >= 11 is 0. The van der Waals surface area contributed by atoms with Gasteiger partial charge in [-0.2, -0.15) is 0 Å². The molecule has 0 aromatic heterocycles. The second-order valence-corrected chi connectivity index (χ2v) is 1.80. The Hall–Kier alpha value is 1.89. The van der Waals surface area contributed by atoms with Crippen molar-refractivity contribution in [2.24, 2.45) is 0 Å². The van der Waals surface area contributed by atoms with E-state index in [4.69, 9.17) is 19.2 Å². The van der Waals surface area contributed by atoms with Gasteiger partial charge < -0.3 is 22.0 Å². The molecule has 0 amide bonds. The van der Waals surface area contributed by atoms with Crippen LogP contribution < -0.4 is 0 Å². The first kappa shape index (κ1) is 22.5. The topological polar surface area (TPSA) is 80.9 Å². The van der Waals surface area contributed by atoms with E-state index in [9.17, 15) is 0 Å². The van der Waals surface area contributed by atoms with Gasteiger partial charge in [0.05, 0.1) is 0 Å². The summed E-state index contributed by atoms with van der Waals surface area (Å²) in [4.78, 5) is 29.3. The van der Waals surface area contributed by atoms with Crippen molar-refractivity contribution in [1.29, 1.82) is 0 Å². The molecule has 0 saturated heterocycles. The van der Waals surface area contributed by atoms with E-state index < -0.39 is 9.05 Å². The Morgan fingerprint density at radius 2 is 0.875 bits per heavy atom. The van der Waals surface area contributed by atoms with E-state index in [0.29, 0.717) is 0 Å². The van der Waals surface area contributed by atoms with Crippen LogP contribution in [0.25, 0.3) is 0 Å². The van der Waals surface area contributed by atoms with Gasteiger partial charge in [-0.1, -0.05) is 0 Å². The molecule has 0 spiro atoms. The molecular formula is H12Al2MgO4Si. The molecule has 4 N–H and O–H groups in total. The molecule has 0 aromatic carbocycles. The summed E-state index contributed by atoms with van der Waals surface area (Å²) in [5, 5.41) is 0. The first-order valence-electron chi connectivity index (χ1n) is 0.894. The number of hydrogen-bond donors (Lipinski definition) is 4. The van der Waals surface area contributed by atoms with Crippen LogP contribution in [0.3, 0.4) is 0 Å². The van der Waals surface area contributed by atoms with Gasteiger partial charge in [0.2, 0.25) is 0 Å². The van der Waals surface area contributed by atoms with Crippen molar-refractivity contribution >= 4 is 66.8 Å². The fourth-order valence-corrected chi connectivity index (χ4v) is 0. The summed E-state index contributed by atoms with van der Waals surface area (Å²) in [7, 11) is -4.61. The third kappa shape index (κ3) is 105. The first-order valence-corrected chi connectivity index (χ1v) is 2.68. The van der Waals surface area contributed by atoms with Crippen LogP contribution in [0.4, 0.5) is 0 Å². The molecule has 0 aliphatic carbocycles. The quantitative estimate of drug-likeness (QED) is 0.283. The van der Waals surface area contributed by atoms with Crippen LogP contribution in [0.15, 0.2) is 0 Å². The molecule has 0 radical (unpaired) electrons. The van der Waals surface area contributed by atoms with Gasteiger partial charge in [-0.15, -0.1) is 0 Å². The standard InChI is InChI=1S/2Al.Mg.H4O4Si.8H/c;;;1-5(2,3)4;;;;;;;;/h;;;1-4H;;;;;;;;/q;;+2;;;;;;;;2*-1. The normalized spacial score (nSPS) is 7.50. The molecule has 4 nitrogen and oxygen atoms in total. The van der Waals surface area contributed by atoms with Crippen molar-refractivity contribution in [3.8, 4) is 0 Å². The van der Waals surface area contributed by atoms with Crippen LogP contribution in [0.5, 0.6) is 0 Å². The first-order chi connectivity index (χ1) is 2.00. The van der Waals surface area contributed by atoms with Gasteiger partial charge in [0, 0.05) is 0 Å². The van der Waals surface area contributed by atoms with E-state index in [1.165, 1.54) is 0 Å². The number of hydrogen-bond acceptors (Lipinski definition) is 4. The summed E-state index contributed by atoms with van der Waals surface area (Å²) in [6.07, 6.45) is 0. The van der Waals surface area contributed by atoms with Gasteiger partial charge in [-0.25, -0.2) is 0 Å². The van der Waals surface area contributed by atoms with Crippen molar-refractivity contribution in [2.75, 3.05) is 0 Å². The average molecular weight is 182 g/mol. The van der Waals surface area contributed by atoms with Gasteiger partial charge in [-0.05, 0) is 0 Å². The zero-order valence-corrected chi connectivity index (χ0v) is 5.41. The monoisotopic (exact) mass is 182 g/mol. The van der Waals surface area contributed by atoms with Crippen molar-refractivity contribution < 1.29 is 22.0 Å². The van der Waals surface area contributed by atoms with Crippen molar-refractivity contribution in [1.82, 2.24) is 0 Å². The molecule has 8 heavy (non-hydrogen) atoms. The molecule has 0 fully saturated rings. The summed E-state index contributed by atoms with van der Waals surface area (Å²) in [6.45, 7) is 0. The Labute approximate surface area is 88.4 Å². The molecule has 0 saturated carbocycles. The molecular weight excluding hydrogens is 170 g/mol. The van der Waals surface area contributed by atoms with Gasteiger partial charge in [0.25, 0.3) is 0 Å². The summed E-state index contributed by atoms with van der Waals surface area (Å²) in [5.74, 6) is 0. The van der Waals surface area contributed by atoms with E-state index in [1.54, 1.807) is 0 Å². The van der Waals surface area contributed by atoms with E-state index in [0.717, 1.165) is 0 Å². The van der Waals surface area contributed by atoms with Crippen molar-refractivity contribution in [3.05, 3.63) is 0 Å². The van der Waals surface area contributed by atoms with E-state index in [1.807, 2.05) is 0 Å². The van der Waals surface area contributed by atoms with Crippen molar-refractivity contribution in [2.45, 2.75) is 0 Å². The van der Waals surface area contributed by atoms with Crippen LogP contribution in [0, 0.1) is 0 Å². The summed E-state index contributed by atoms with van der Waals surface area (Å²) < 4.78 is 0. The minimum Gasteiger partial charge on any atom is -1.00 e. The van der Waals surface area contributed by atoms with Crippen LogP contribution in [-0.2, 0) is 0 Å². The molecule has 0 aliphatic heterocycles. The zero-order valence-electron chi connectivity index (χ0n) is 5.00. The Kier molecular flexibility index (Phi) is 25.0. The summed E-state index contributed by atoms with van der Waals surface area (Å²) in [6, 6.07) is 0. The van der Waals surface area contributed by atoms with Gasteiger partial charge in [0.1, 0.15) is 0 Å². The fraction of sp³-hybridized carbons (Fsp3) is 0. The molecule has 0 atom stereocenters. The Morgan fingerprint density at radius 3 is 0.875 bits per heavy atom. The van der Waals surface area contributed by atoms with Crippen LogP contribution in [-0.4, -0.2) is 86.0 Å². The molecule has 0 aliphatic rings. The third-order valence-corrected chi connectivity index (χ3v) is 0. The SMILES string of the molecule is O[Si](O)(O)O.[AlH3].[AlH3].[H-].[H-].[Mg+2]. The van der Waals surface area contributed by atoms with Gasteiger partial charge in [-0.3, -0.25) is 0 Å². The second-order valence-electron chi connectivity index (χ2n) is 0.600. The van der Waals surface area contributed by atoms with E-state index in [2.05, 4.69) is 0 Å².